The number of anilines is 1. The number of benzene rings is 2. The van der Waals surface area contributed by atoms with Gasteiger partial charge in [0.05, 0.1) is 25.5 Å². The van der Waals surface area contributed by atoms with Gasteiger partial charge in [-0.1, -0.05) is 22.0 Å². The summed E-state index contributed by atoms with van der Waals surface area (Å²) in [5, 5.41) is 0. The standard InChI is InChI=1S/C21H18BrNO5/c1-26-17-8-3-12(9-18(17)27-2)15-10-19(24)23(14-6-4-13(22)5-7-14)16-11-28-21(25)20(15)16/h3-9,15H,10-11H2,1-2H3/t15-/m0/s1. The lowest BCUT2D eigenvalue weighted by Crippen LogP contribution is -2.37. The lowest BCUT2D eigenvalue weighted by atomic mass is 9.84. The number of amides is 1. The molecule has 2 aromatic rings. The Morgan fingerprint density at radius 2 is 1.75 bits per heavy atom. The summed E-state index contributed by atoms with van der Waals surface area (Å²) >= 11 is 3.40. The number of nitrogens with zero attached hydrogens (tertiary/aromatic N) is 1. The highest BCUT2D eigenvalue weighted by molar-refractivity contribution is 9.10. The molecule has 0 aliphatic carbocycles. The summed E-state index contributed by atoms with van der Waals surface area (Å²) in [4.78, 5) is 27.2. The van der Waals surface area contributed by atoms with Crippen molar-refractivity contribution in [3.05, 3.63) is 63.8 Å². The summed E-state index contributed by atoms with van der Waals surface area (Å²) in [6, 6.07) is 12.8. The first-order chi connectivity index (χ1) is 13.5. The lowest BCUT2D eigenvalue weighted by molar-refractivity contribution is -0.136. The van der Waals surface area contributed by atoms with Gasteiger partial charge < -0.3 is 14.2 Å². The molecule has 7 heteroatoms. The number of carbonyl (C=O) groups excluding carboxylic acids is 2. The zero-order valence-electron chi connectivity index (χ0n) is 15.4. The fourth-order valence-electron chi connectivity index (χ4n) is 3.70. The van der Waals surface area contributed by atoms with Gasteiger partial charge in [-0.15, -0.1) is 0 Å². The molecule has 28 heavy (non-hydrogen) atoms. The van der Waals surface area contributed by atoms with E-state index in [1.165, 1.54) is 0 Å². The van der Waals surface area contributed by atoms with Gasteiger partial charge in [-0.3, -0.25) is 9.69 Å². The summed E-state index contributed by atoms with van der Waals surface area (Å²) in [6.45, 7) is 0.0831. The van der Waals surface area contributed by atoms with Crippen LogP contribution in [0.25, 0.3) is 0 Å². The van der Waals surface area contributed by atoms with E-state index in [0.717, 1.165) is 10.0 Å². The van der Waals surface area contributed by atoms with Crippen LogP contribution in [0, 0.1) is 0 Å². The van der Waals surface area contributed by atoms with Crippen molar-refractivity contribution in [1.29, 1.82) is 0 Å². The van der Waals surface area contributed by atoms with E-state index in [9.17, 15) is 9.59 Å². The fourth-order valence-corrected chi connectivity index (χ4v) is 3.96. The van der Waals surface area contributed by atoms with Crippen LogP contribution >= 0.6 is 15.9 Å². The maximum absolute atomic E-state index is 13.0. The number of halogens is 1. The van der Waals surface area contributed by atoms with Gasteiger partial charge in [0.25, 0.3) is 0 Å². The molecule has 2 aromatic carbocycles. The van der Waals surface area contributed by atoms with Crippen LogP contribution in [0.2, 0.25) is 0 Å². The van der Waals surface area contributed by atoms with Gasteiger partial charge >= 0.3 is 5.97 Å². The van der Waals surface area contributed by atoms with Gasteiger partial charge in [0.1, 0.15) is 6.61 Å². The van der Waals surface area contributed by atoms with Crippen LogP contribution in [-0.2, 0) is 14.3 Å². The third-order valence-electron chi connectivity index (χ3n) is 5.01. The third kappa shape index (κ3) is 3.05. The van der Waals surface area contributed by atoms with Crippen molar-refractivity contribution in [2.24, 2.45) is 0 Å². The number of hydrogen-bond acceptors (Lipinski definition) is 5. The molecule has 1 atom stereocenters. The summed E-state index contributed by atoms with van der Waals surface area (Å²) < 4.78 is 16.9. The second-order valence-corrected chi connectivity index (χ2v) is 7.43. The van der Waals surface area contributed by atoms with Crippen LogP contribution in [-0.4, -0.2) is 32.7 Å². The summed E-state index contributed by atoms with van der Waals surface area (Å²) in [5.41, 5.74) is 2.65. The lowest BCUT2D eigenvalue weighted by Gasteiger charge is -2.32. The Bertz CT molecular complexity index is 983. The molecule has 1 amide bonds. The zero-order chi connectivity index (χ0) is 19.8. The SMILES string of the molecule is COc1ccc([C@@H]2CC(=O)N(c3ccc(Br)cc3)C3=C2C(=O)OC3)cc1OC. The number of rotatable bonds is 4. The van der Waals surface area contributed by atoms with E-state index in [1.54, 1.807) is 25.2 Å². The summed E-state index contributed by atoms with van der Waals surface area (Å²) in [6.07, 6.45) is 0.166. The van der Waals surface area contributed by atoms with Gasteiger partial charge in [0.2, 0.25) is 5.91 Å². The van der Waals surface area contributed by atoms with Crippen LogP contribution in [0.15, 0.2) is 58.2 Å². The number of carbonyl (C=O) groups is 2. The van der Waals surface area contributed by atoms with Crippen molar-refractivity contribution in [3.8, 4) is 11.5 Å². The molecule has 0 saturated heterocycles. The van der Waals surface area contributed by atoms with Crippen LogP contribution in [0.1, 0.15) is 17.9 Å². The van der Waals surface area contributed by atoms with Crippen molar-refractivity contribution in [2.45, 2.75) is 12.3 Å². The molecule has 4 rings (SSSR count). The predicted octanol–water partition coefficient (Wildman–Crippen LogP) is 3.80. The van der Waals surface area contributed by atoms with Crippen LogP contribution in [0.4, 0.5) is 5.69 Å². The molecular weight excluding hydrogens is 426 g/mol. The molecule has 2 aliphatic heterocycles. The molecule has 144 valence electrons. The Balaban J connectivity index is 1.80. The van der Waals surface area contributed by atoms with Gasteiger partial charge in [0, 0.05) is 22.5 Å². The van der Waals surface area contributed by atoms with Crippen LogP contribution < -0.4 is 14.4 Å². The first-order valence-corrected chi connectivity index (χ1v) is 9.53. The third-order valence-corrected chi connectivity index (χ3v) is 5.54. The quantitative estimate of drug-likeness (QED) is 0.672. The zero-order valence-corrected chi connectivity index (χ0v) is 17.0. The average molecular weight is 444 g/mol. The topological polar surface area (TPSA) is 65.1 Å². The Kier molecular flexibility index (Phi) is 4.85. The molecule has 0 unspecified atom stereocenters. The van der Waals surface area contributed by atoms with E-state index < -0.39 is 0 Å². The predicted molar refractivity (Wildman–Crippen MR) is 107 cm³/mol. The minimum absolute atomic E-state index is 0.0831. The maximum Gasteiger partial charge on any atom is 0.336 e. The van der Waals surface area contributed by atoms with Crippen molar-refractivity contribution in [2.75, 3.05) is 25.7 Å². The van der Waals surface area contributed by atoms with E-state index in [2.05, 4.69) is 15.9 Å². The number of hydrogen-bond donors (Lipinski definition) is 0. The highest BCUT2D eigenvalue weighted by Crippen LogP contribution is 2.43. The van der Waals surface area contributed by atoms with Crippen molar-refractivity contribution in [3.63, 3.8) is 0 Å². The molecule has 2 heterocycles. The van der Waals surface area contributed by atoms with Gasteiger partial charge in [0.15, 0.2) is 11.5 Å². The van der Waals surface area contributed by atoms with Crippen molar-refractivity contribution < 1.29 is 23.8 Å². The molecule has 2 aliphatic rings. The minimum atomic E-state index is -0.385. The number of esters is 1. The molecule has 0 radical (unpaired) electrons. The van der Waals surface area contributed by atoms with Crippen LogP contribution in [0.3, 0.4) is 0 Å². The fraction of sp³-hybridized carbons (Fsp3) is 0.238. The Labute approximate surface area is 170 Å². The van der Waals surface area contributed by atoms with Gasteiger partial charge in [-0.25, -0.2) is 4.79 Å². The Morgan fingerprint density at radius 1 is 1.04 bits per heavy atom. The smallest absolute Gasteiger partial charge is 0.336 e. The molecular formula is C21H18BrNO5. The number of ether oxygens (including phenoxy) is 3. The van der Waals surface area contributed by atoms with Crippen LogP contribution in [0.5, 0.6) is 11.5 Å². The molecule has 0 spiro atoms. The first kappa shape index (κ1) is 18.6. The van der Waals surface area contributed by atoms with Crippen molar-refractivity contribution >= 4 is 33.5 Å². The monoisotopic (exact) mass is 443 g/mol. The first-order valence-electron chi connectivity index (χ1n) is 8.74. The largest absolute Gasteiger partial charge is 0.493 e. The Morgan fingerprint density at radius 3 is 2.43 bits per heavy atom. The summed E-state index contributed by atoms with van der Waals surface area (Å²) in [5.74, 6) is 0.289. The van der Waals surface area contributed by atoms with Gasteiger partial charge in [-0.05, 0) is 42.0 Å². The number of methoxy groups -OCH3 is 2. The van der Waals surface area contributed by atoms with E-state index in [4.69, 9.17) is 14.2 Å². The number of cyclic esters (lactones) is 1. The molecule has 0 bridgehead atoms. The second-order valence-electron chi connectivity index (χ2n) is 6.51. The minimum Gasteiger partial charge on any atom is -0.493 e. The average Bonchev–Trinajstić information content (AvgIpc) is 3.09. The van der Waals surface area contributed by atoms with E-state index in [-0.39, 0.29) is 30.8 Å². The van der Waals surface area contributed by atoms with E-state index in [1.807, 2.05) is 36.4 Å². The van der Waals surface area contributed by atoms with E-state index >= 15 is 0 Å². The summed E-state index contributed by atoms with van der Waals surface area (Å²) in [7, 11) is 3.12. The maximum atomic E-state index is 13.0. The molecule has 0 N–H and O–H groups in total. The Hall–Kier alpha value is -2.80. The highest BCUT2D eigenvalue weighted by Gasteiger charge is 2.43. The van der Waals surface area contributed by atoms with E-state index in [0.29, 0.717) is 28.5 Å². The second kappa shape index (κ2) is 7.31. The molecule has 0 fully saturated rings. The van der Waals surface area contributed by atoms with Crippen molar-refractivity contribution in [1.82, 2.24) is 0 Å². The highest BCUT2D eigenvalue weighted by atomic mass is 79.9. The van der Waals surface area contributed by atoms with Gasteiger partial charge in [-0.2, -0.15) is 0 Å². The molecule has 0 saturated carbocycles. The molecule has 6 nitrogen and oxygen atoms in total. The molecule has 0 aromatic heterocycles. The normalized spacial score (nSPS) is 18.8.